The van der Waals surface area contributed by atoms with Crippen molar-refractivity contribution in [3.63, 3.8) is 0 Å². The van der Waals surface area contributed by atoms with E-state index in [0.29, 0.717) is 24.4 Å². The molecule has 5 nitrogen and oxygen atoms in total. The fourth-order valence-corrected chi connectivity index (χ4v) is 3.80. The lowest BCUT2D eigenvalue weighted by atomic mass is 10.1. The average molecular weight is 467 g/mol. The van der Waals surface area contributed by atoms with Crippen molar-refractivity contribution in [1.29, 1.82) is 0 Å². The van der Waals surface area contributed by atoms with Gasteiger partial charge in [-0.2, -0.15) is 0 Å². The second-order valence-corrected chi connectivity index (χ2v) is 8.41. The average Bonchev–Trinajstić information content (AvgIpc) is 3.35. The maximum absolute atomic E-state index is 13.5. The summed E-state index contributed by atoms with van der Waals surface area (Å²) >= 11 is 3.46. The van der Waals surface area contributed by atoms with E-state index in [4.69, 9.17) is 8.83 Å². The summed E-state index contributed by atoms with van der Waals surface area (Å²) in [6.07, 6.45) is 1.62. The molecular weight excluding hydrogens is 444 g/mol. The molecule has 154 valence electrons. The van der Waals surface area contributed by atoms with Crippen LogP contribution in [0.3, 0.4) is 0 Å². The molecule has 0 bridgehead atoms. The second kappa shape index (κ2) is 8.40. The quantitative estimate of drug-likeness (QED) is 0.349. The van der Waals surface area contributed by atoms with Crippen LogP contribution in [0.15, 0.2) is 74.2 Å². The lowest BCUT2D eigenvalue weighted by Crippen LogP contribution is -2.30. The number of aryl methyl sites for hydroxylation is 1. The topological polar surface area (TPSA) is 49.8 Å². The lowest BCUT2D eigenvalue weighted by Gasteiger charge is -2.22. The maximum atomic E-state index is 13.5. The number of fused-ring (bicyclic) bond motifs is 1. The molecule has 2 aromatic heterocycles. The molecule has 30 heavy (non-hydrogen) atoms. The van der Waals surface area contributed by atoms with Gasteiger partial charge in [-0.1, -0.05) is 28.1 Å². The Balaban J connectivity index is 1.66. The Morgan fingerprint density at radius 3 is 2.47 bits per heavy atom. The van der Waals surface area contributed by atoms with Crippen LogP contribution in [-0.4, -0.2) is 24.9 Å². The third-order valence-corrected chi connectivity index (χ3v) is 5.63. The minimum atomic E-state index is -0.159. The van der Waals surface area contributed by atoms with Crippen LogP contribution in [0.2, 0.25) is 0 Å². The highest BCUT2D eigenvalue weighted by Gasteiger charge is 2.24. The van der Waals surface area contributed by atoms with Gasteiger partial charge in [0.1, 0.15) is 11.3 Å². The molecule has 0 spiro atoms. The second-order valence-electron chi connectivity index (χ2n) is 7.50. The van der Waals surface area contributed by atoms with Gasteiger partial charge in [-0.05, 0) is 55.0 Å². The summed E-state index contributed by atoms with van der Waals surface area (Å²) in [5.41, 5.74) is 3.69. The highest BCUT2D eigenvalue weighted by Crippen LogP contribution is 2.29. The number of hydrogen-bond donors (Lipinski definition) is 0. The van der Waals surface area contributed by atoms with E-state index in [9.17, 15) is 4.79 Å². The largest absolute Gasteiger partial charge is 0.467 e. The molecule has 0 unspecified atom stereocenters. The van der Waals surface area contributed by atoms with Crippen LogP contribution in [0.25, 0.3) is 11.0 Å². The molecule has 6 heteroatoms. The Hall–Kier alpha value is -2.99. The summed E-state index contributed by atoms with van der Waals surface area (Å²) in [5.74, 6) is 0.928. The van der Waals surface area contributed by atoms with E-state index in [1.807, 2.05) is 68.4 Å². The van der Waals surface area contributed by atoms with Crippen molar-refractivity contribution in [3.8, 4) is 0 Å². The molecule has 0 aliphatic carbocycles. The summed E-state index contributed by atoms with van der Waals surface area (Å²) in [4.78, 5) is 17.3. The SMILES string of the molecule is Cc1c(C(=O)N(Cc2ccc(N(C)C)cc2)Cc2ccco2)oc2cc(Br)ccc12. The van der Waals surface area contributed by atoms with E-state index >= 15 is 0 Å². The molecule has 2 aromatic carbocycles. The zero-order valence-corrected chi connectivity index (χ0v) is 18.8. The first kappa shape index (κ1) is 20.3. The van der Waals surface area contributed by atoms with Gasteiger partial charge in [0.2, 0.25) is 0 Å². The van der Waals surface area contributed by atoms with Crippen LogP contribution in [0.5, 0.6) is 0 Å². The van der Waals surface area contributed by atoms with E-state index in [0.717, 1.165) is 32.4 Å². The van der Waals surface area contributed by atoms with Gasteiger partial charge in [-0.15, -0.1) is 0 Å². The van der Waals surface area contributed by atoms with Gasteiger partial charge in [0.05, 0.1) is 12.8 Å². The monoisotopic (exact) mass is 466 g/mol. The Morgan fingerprint density at radius 2 is 1.80 bits per heavy atom. The minimum Gasteiger partial charge on any atom is -0.467 e. The van der Waals surface area contributed by atoms with Crippen LogP contribution in [0.4, 0.5) is 5.69 Å². The van der Waals surface area contributed by atoms with Gasteiger partial charge in [-0.3, -0.25) is 4.79 Å². The highest BCUT2D eigenvalue weighted by molar-refractivity contribution is 9.10. The van der Waals surface area contributed by atoms with Crippen LogP contribution >= 0.6 is 15.9 Å². The van der Waals surface area contributed by atoms with E-state index in [-0.39, 0.29) is 5.91 Å². The number of furan rings is 2. The van der Waals surface area contributed by atoms with Gasteiger partial charge in [-0.25, -0.2) is 0 Å². The summed E-state index contributed by atoms with van der Waals surface area (Å²) in [6.45, 7) is 2.73. The third kappa shape index (κ3) is 4.14. The Bertz CT molecular complexity index is 1160. The van der Waals surface area contributed by atoms with E-state index in [2.05, 4.69) is 28.1 Å². The molecule has 4 aromatic rings. The minimum absolute atomic E-state index is 0.159. The number of carbonyl (C=O) groups excluding carboxylic acids is 1. The Morgan fingerprint density at radius 1 is 1.03 bits per heavy atom. The molecule has 0 atom stereocenters. The third-order valence-electron chi connectivity index (χ3n) is 5.13. The lowest BCUT2D eigenvalue weighted by molar-refractivity contribution is 0.0686. The van der Waals surface area contributed by atoms with Crippen molar-refractivity contribution in [2.24, 2.45) is 0 Å². The molecule has 0 saturated heterocycles. The first-order valence-corrected chi connectivity index (χ1v) is 10.5. The fraction of sp³-hybridized carbons (Fsp3) is 0.208. The number of nitrogens with zero attached hydrogens (tertiary/aromatic N) is 2. The number of carbonyl (C=O) groups is 1. The number of anilines is 1. The molecule has 4 rings (SSSR count). The van der Waals surface area contributed by atoms with E-state index < -0.39 is 0 Å². The summed E-state index contributed by atoms with van der Waals surface area (Å²) in [7, 11) is 4.01. The van der Waals surface area contributed by atoms with Gasteiger partial charge >= 0.3 is 0 Å². The molecular formula is C24H23BrN2O3. The predicted molar refractivity (Wildman–Crippen MR) is 122 cm³/mol. The molecule has 0 N–H and O–H groups in total. The van der Waals surface area contributed by atoms with Crippen LogP contribution in [0, 0.1) is 6.92 Å². The number of benzene rings is 2. The summed E-state index contributed by atoms with van der Waals surface area (Å²) < 4.78 is 12.4. The molecule has 0 aliphatic rings. The molecule has 0 radical (unpaired) electrons. The van der Waals surface area contributed by atoms with Crippen LogP contribution in [0.1, 0.15) is 27.4 Å². The first-order chi connectivity index (χ1) is 14.4. The predicted octanol–water partition coefficient (Wildman–Crippen LogP) is 6.01. The Kier molecular flexibility index (Phi) is 5.68. The van der Waals surface area contributed by atoms with Gasteiger partial charge in [0.15, 0.2) is 5.76 Å². The van der Waals surface area contributed by atoms with E-state index in [1.54, 1.807) is 11.2 Å². The summed E-state index contributed by atoms with van der Waals surface area (Å²) in [5, 5.41) is 0.940. The molecule has 0 saturated carbocycles. The smallest absolute Gasteiger partial charge is 0.290 e. The number of rotatable bonds is 6. The molecule has 1 amide bonds. The number of amides is 1. The van der Waals surface area contributed by atoms with Crippen molar-refractivity contribution in [1.82, 2.24) is 4.90 Å². The molecule has 0 fully saturated rings. The van der Waals surface area contributed by atoms with Gasteiger partial charge in [0.25, 0.3) is 5.91 Å². The Labute approximate surface area is 184 Å². The van der Waals surface area contributed by atoms with Crippen molar-refractivity contribution >= 4 is 38.5 Å². The number of halogens is 1. The van der Waals surface area contributed by atoms with Gasteiger partial charge in [0, 0.05) is 41.7 Å². The number of hydrogen-bond acceptors (Lipinski definition) is 4. The normalized spacial score (nSPS) is 11.1. The van der Waals surface area contributed by atoms with Crippen LogP contribution < -0.4 is 4.90 Å². The fourth-order valence-electron chi connectivity index (χ4n) is 3.46. The zero-order valence-electron chi connectivity index (χ0n) is 17.2. The van der Waals surface area contributed by atoms with Crippen molar-refractivity contribution < 1.29 is 13.6 Å². The van der Waals surface area contributed by atoms with Gasteiger partial charge < -0.3 is 18.6 Å². The maximum Gasteiger partial charge on any atom is 0.290 e. The molecule has 0 aliphatic heterocycles. The molecule has 2 heterocycles. The van der Waals surface area contributed by atoms with Crippen LogP contribution in [-0.2, 0) is 13.1 Å². The van der Waals surface area contributed by atoms with E-state index in [1.165, 1.54) is 0 Å². The van der Waals surface area contributed by atoms with Crippen molar-refractivity contribution in [2.75, 3.05) is 19.0 Å². The van der Waals surface area contributed by atoms with Crippen molar-refractivity contribution in [3.05, 3.63) is 88.0 Å². The summed E-state index contributed by atoms with van der Waals surface area (Å²) in [6, 6.07) is 17.7. The highest BCUT2D eigenvalue weighted by atomic mass is 79.9. The standard InChI is InChI=1S/C24H23BrN2O3/c1-16-21-11-8-18(25)13-22(21)30-23(16)24(28)27(15-20-5-4-12-29-20)14-17-6-9-19(10-7-17)26(2)3/h4-13H,14-15H2,1-3H3. The zero-order chi connectivity index (χ0) is 21.3. The first-order valence-electron chi connectivity index (χ1n) is 9.69. The van der Waals surface area contributed by atoms with Crippen molar-refractivity contribution in [2.45, 2.75) is 20.0 Å².